The number of nitrogens with one attached hydrogen (secondary N) is 2. The van der Waals surface area contributed by atoms with Crippen molar-refractivity contribution in [3.63, 3.8) is 0 Å². The van der Waals surface area contributed by atoms with Crippen LogP contribution in [-0.2, 0) is 17.1 Å². The van der Waals surface area contributed by atoms with Gasteiger partial charge in [0, 0.05) is 10.6 Å². The minimum absolute atomic E-state index is 0.00662. The van der Waals surface area contributed by atoms with Crippen molar-refractivity contribution in [3.8, 4) is 0 Å². The molecule has 0 aliphatic rings. The lowest BCUT2D eigenvalue weighted by Gasteiger charge is -2.10. The van der Waals surface area contributed by atoms with E-state index in [4.69, 9.17) is 4.42 Å². The zero-order valence-corrected chi connectivity index (χ0v) is 17.6. The molecule has 0 aliphatic heterocycles. The predicted molar refractivity (Wildman–Crippen MR) is 118 cm³/mol. The number of hydrogen-bond acceptors (Lipinski definition) is 5. The second-order valence-electron chi connectivity index (χ2n) is 6.53. The van der Waals surface area contributed by atoms with Gasteiger partial charge in [-0.3, -0.25) is 4.79 Å². The molecule has 2 aromatic carbocycles. The van der Waals surface area contributed by atoms with Crippen LogP contribution >= 0.6 is 23.5 Å². The molecule has 0 atom stereocenters. The zero-order chi connectivity index (χ0) is 20.1. The number of H-pyrrole nitrogens is 1. The Morgan fingerprint density at radius 3 is 2.83 bits per heavy atom. The fourth-order valence-electron chi connectivity index (χ4n) is 2.91. The van der Waals surface area contributed by atoms with Gasteiger partial charge in [0.25, 0.3) is 0 Å². The first-order chi connectivity index (χ1) is 14.2. The van der Waals surface area contributed by atoms with Gasteiger partial charge in [0.15, 0.2) is 5.16 Å². The first kappa shape index (κ1) is 19.7. The molecule has 1 amide bonds. The lowest BCUT2D eigenvalue weighted by Crippen LogP contribution is -2.24. The molecule has 0 radical (unpaired) electrons. The Labute approximate surface area is 177 Å². The van der Waals surface area contributed by atoms with E-state index < -0.39 is 0 Å². The Balaban J connectivity index is 1.33. The van der Waals surface area contributed by atoms with E-state index in [9.17, 15) is 4.79 Å². The van der Waals surface area contributed by atoms with Gasteiger partial charge >= 0.3 is 0 Å². The Kier molecular flexibility index (Phi) is 6.27. The van der Waals surface area contributed by atoms with E-state index in [1.54, 1.807) is 29.8 Å². The molecule has 2 heterocycles. The molecule has 0 saturated heterocycles. The highest BCUT2D eigenvalue weighted by molar-refractivity contribution is 8.00. The maximum Gasteiger partial charge on any atom is 0.230 e. The molecule has 29 heavy (non-hydrogen) atoms. The lowest BCUT2D eigenvalue weighted by atomic mass is 10.1. The highest BCUT2D eigenvalue weighted by atomic mass is 32.2. The molecule has 0 spiro atoms. The van der Waals surface area contributed by atoms with E-state index in [0.29, 0.717) is 12.3 Å². The molecule has 0 bridgehead atoms. The number of rotatable bonds is 8. The molecule has 2 N–H and O–H groups in total. The van der Waals surface area contributed by atoms with Crippen LogP contribution in [0.2, 0.25) is 0 Å². The third-order valence-electron chi connectivity index (χ3n) is 4.53. The molecular weight excluding hydrogens is 402 g/mol. The van der Waals surface area contributed by atoms with Crippen LogP contribution in [0.15, 0.2) is 75.3 Å². The lowest BCUT2D eigenvalue weighted by molar-refractivity contribution is -0.118. The second kappa shape index (κ2) is 9.24. The number of imidazole rings is 1. The van der Waals surface area contributed by atoms with Gasteiger partial charge in [0.05, 0.1) is 29.6 Å². The van der Waals surface area contributed by atoms with Crippen molar-refractivity contribution < 1.29 is 9.21 Å². The smallest absolute Gasteiger partial charge is 0.230 e. The normalized spacial score (nSPS) is 11.1. The van der Waals surface area contributed by atoms with E-state index in [-0.39, 0.29) is 5.91 Å². The maximum atomic E-state index is 12.1. The van der Waals surface area contributed by atoms with Crippen LogP contribution in [0.5, 0.6) is 0 Å². The summed E-state index contributed by atoms with van der Waals surface area (Å²) in [5, 5.41) is 3.80. The number of aromatic nitrogens is 2. The zero-order valence-electron chi connectivity index (χ0n) is 16.0. The van der Waals surface area contributed by atoms with E-state index in [0.717, 1.165) is 32.6 Å². The molecule has 0 aliphatic carbocycles. The number of fused-ring (bicyclic) bond motifs is 1. The summed E-state index contributed by atoms with van der Waals surface area (Å²) < 4.78 is 5.23. The largest absolute Gasteiger partial charge is 0.467 e. The van der Waals surface area contributed by atoms with E-state index >= 15 is 0 Å². The standard InChI is InChI=1S/C22H21N3O2S2/c1-15-16(13-29-22-24-18-8-2-3-9-19(18)25-22)6-4-10-20(15)28-14-21(26)23-12-17-7-5-11-27-17/h2-11H,12-14H2,1H3,(H,23,26)(H,24,25). The number of nitrogens with zero attached hydrogens (tertiary/aromatic N) is 1. The van der Waals surface area contributed by atoms with Crippen molar-refractivity contribution in [1.82, 2.24) is 15.3 Å². The average Bonchev–Trinajstić information content (AvgIpc) is 3.40. The molecule has 7 heteroatoms. The van der Waals surface area contributed by atoms with Crippen molar-refractivity contribution in [2.45, 2.75) is 29.3 Å². The second-order valence-corrected chi connectivity index (χ2v) is 8.51. The topological polar surface area (TPSA) is 70.9 Å². The minimum atomic E-state index is -0.00662. The van der Waals surface area contributed by atoms with Crippen LogP contribution in [0.25, 0.3) is 11.0 Å². The third kappa shape index (κ3) is 5.05. The number of thioether (sulfide) groups is 2. The minimum Gasteiger partial charge on any atom is -0.467 e. The molecule has 148 valence electrons. The summed E-state index contributed by atoms with van der Waals surface area (Å²) in [4.78, 5) is 21.2. The highest BCUT2D eigenvalue weighted by Crippen LogP contribution is 2.29. The van der Waals surface area contributed by atoms with Crippen molar-refractivity contribution in [2.24, 2.45) is 0 Å². The number of carbonyl (C=O) groups is 1. The van der Waals surface area contributed by atoms with E-state index in [1.165, 1.54) is 11.1 Å². The fourth-order valence-corrected chi connectivity index (χ4v) is 4.77. The molecule has 5 nitrogen and oxygen atoms in total. The van der Waals surface area contributed by atoms with Crippen LogP contribution in [0.4, 0.5) is 0 Å². The summed E-state index contributed by atoms with van der Waals surface area (Å²) in [6.07, 6.45) is 1.61. The Hall–Kier alpha value is -2.64. The fraction of sp³-hybridized carbons (Fsp3) is 0.182. The van der Waals surface area contributed by atoms with E-state index in [1.807, 2.05) is 42.5 Å². The first-order valence-corrected chi connectivity index (χ1v) is 11.2. The molecule has 0 saturated carbocycles. The first-order valence-electron chi connectivity index (χ1n) is 9.27. The van der Waals surface area contributed by atoms with Crippen LogP contribution in [0.3, 0.4) is 0 Å². The molecule has 4 aromatic rings. The summed E-state index contributed by atoms with van der Waals surface area (Å²) >= 11 is 3.24. The molecular formula is C22H21N3O2S2. The molecule has 0 fully saturated rings. The summed E-state index contributed by atoms with van der Waals surface area (Å²) in [5.41, 5.74) is 4.49. The van der Waals surface area contributed by atoms with Gasteiger partial charge in [-0.25, -0.2) is 4.98 Å². The number of para-hydroxylation sites is 2. The molecule has 0 unspecified atom stereocenters. The Morgan fingerprint density at radius 2 is 2.00 bits per heavy atom. The molecule has 2 aromatic heterocycles. The maximum absolute atomic E-state index is 12.1. The highest BCUT2D eigenvalue weighted by Gasteiger charge is 2.10. The van der Waals surface area contributed by atoms with Gasteiger partial charge in [-0.2, -0.15) is 0 Å². The van der Waals surface area contributed by atoms with Crippen molar-refractivity contribution in [3.05, 3.63) is 77.7 Å². The SMILES string of the molecule is Cc1c(CSc2nc3ccccc3[nH]2)cccc1SCC(=O)NCc1ccco1. The summed E-state index contributed by atoms with van der Waals surface area (Å²) in [6, 6.07) is 17.9. The van der Waals surface area contributed by atoms with Gasteiger partial charge in [0.2, 0.25) is 5.91 Å². The Bertz CT molecular complexity index is 1070. The predicted octanol–water partition coefficient (Wildman–Crippen LogP) is 5.17. The van der Waals surface area contributed by atoms with Crippen LogP contribution in [-0.4, -0.2) is 21.6 Å². The number of furan rings is 1. The van der Waals surface area contributed by atoms with Crippen LogP contribution in [0, 0.1) is 6.92 Å². The van der Waals surface area contributed by atoms with E-state index in [2.05, 4.69) is 34.3 Å². The van der Waals surface area contributed by atoms with Gasteiger partial charge in [-0.15, -0.1) is 11.8 Å². The van der Waals surface area contributed by atoms with Gasteiger partial charge in [-0.05, 0) is 48.4 Å². The van der Waals surface area contributed by atoms with Crippen molar-refractivity contribution >= 4 is 40.5 Å². The van der Waals surface area contributed by atoms with Crippen LogP contribution in [0.1, 0.15) is 16.9 Å². The number of hydrogen-bond donors (Lipinski definition) is 2. The average molecular weight is 424 g/mol. The summed E-state index contributed by atoms with van der Waals surface area (Å²) in [6.45, 7) is 2.52. The quantitative estimate of drug-likeness (QED) is 0.383. The number of amides is 1. The van der Waals surface area contributed by atoms with Gasteiger partial charge in [-0.1, -0.05) is 36.0 Å². The number of carbonyl (C=O) groups excluding carboxylic acids is 1. The summed E-state index contributed by atoms with van der Waals surface area (Å²) in [5.74, 6) is 1.95. The van der Waals surface area contributed by atoms with Gasteiger partial charge < -0.3 is 14.7 Å². The van der Waals surface area contributed by atoms with Crippen molar-refractivity contribution in [2.75, 3.05) is 5.75 Å². The van der Waals surface area contributed by atoms with Crippen molar-refractivity contribution in [1.29, 1.82) is 0 Å². The third-order valence-corrected chi connectivity index (χ3v) is 6.61. The summed E-state index contributed by atoms with van der Waals surface area (Å²) in [7, 11) is 0. The van der Waals surface area contributed by atoms with Crippen LogP contribution < -0.4 is 5.32 Å². The number of aromatic amines is 1. The molecule has 4 rings (SSSR count). The Morgan fingerprint density at radius 1 is 1.10 bits per heavy atom. The van der Waals surface area contributed by atoms with Gasteiger partial charge in [0.1, 0.15) is 5.76 Å². The number of benzene rings is 2. The monoisotopic (exact) mass is 423 g/mol.